The second kappa shape index (κ2) is 9.50. The highest BCUT2D eigenvalue weighted by Gasteiger charge is 2.39. The molecule has 0 radical (unpaired) electrons. The zero-order valence-electron chi connectivity index (χ0n) is 16.9. The summed E-state index contributed by atoms with van der Waals surface area (Å²) in [6.45, 7) is 0.651. The summed E-state index contributed by atoms with van der Waals surface area (Å²) < 4.78 is 17.9. The molecular weight excluding hydrogens is 438 g/mol. The molecule has 0 amide bonds. The molecule has 0 aromatic heterocycles. The van der Waals surface area contributed by atoms with Crippen molar-refractivity contribution in [3.05, 3.63) is 52.0 Å². The number of carboxylic acids is 1. The van der Waals surface area contributed by atoms with Gasteiger partial charge in [0.25, 0.3) is 0 Å². The fourth-order valence-corrected chi connectivity index (χ4v) is 4.48. The Kier molecular flexibility index (Phi) is 7.03. The summed E-state index contributed by atoms with van der Waals surface area (Å²) in [5.74, 6) is 1.15. The Morgan fingerprint density at radius 3 is 2.31 bits per heavy atom. The lowest BCUT2D eigenvalue weighted by atomic mass is 9.90. The number of carbonyl (C=O) groups is 1. The zero-order chi connectivity index (χ0) is 21.0. The van der Waals surface area contributed by atoms with E-state index >= 15 is 0 Å². The van der Waals surface area contributed by atoms with Crippen molar-refractivity contribution in [2.75, 3.05) is 27.9 Å². The second-order valence-electron chi connectivity index (χ2n) is 6.95. The average Bonchev–Trinajstić information content (AvgIpc) is 2.74. The molecule has 156 valence electrons. The molecule has 2 aromatic carbocycles. The summed E-state index contributed by atoms with van der Waals surface area (Å²) in [6.07, 6.45) is 2.41. The summed E-state index contributed by atoms with van der Waals surface area (Å²) in [6, 6.07) is 10.4. The van der Waals surface area contributed by atoms with Crippen LogP contribution in [-0.4, -0.2) is 49.9 Å². The van der Waals surface area contributed by atoms with Gasteiger partial charge in [-0.1, -0.05) is 28.4 Å². The van der Waals surface area contributed by atoms with Crippen molar-refractivity contribution >= 4 is 21.9 Å². The first-order chi connectivity index (χ1) is 14.0. The summed E-state index contributed by atoms with van der Waals surface area (Å²) in [7, 11) is 4.84. The van der Waals surface area contributed by atoms with E-state index in [1.54, 1.807) is 21.3 Å². The molecule has 1 aliphatic heterocycles. The first-order valence-corrected chi connectivity index (χ1v) is 10.3. The highest BCUT2D eigenvalue weighted by Crippen LogP contribution is 2.46. The Morgan fingerprint density at radius 1 is 1.07 bits per heavy atom. The molecule has 2 unspecified atom stereocenters. The van der Waals surface area contributed by atoms with Gasteiger partial charge in [-0.05, 0) is 49.7 Å². The van der Waals surface area contributed by atoms with Crippen molar-refractivity contribution in [3.8, 4) is 17.2 Å². The highest BCUT2D eigenvalue weighted by atomic mass is 79.9. The lowest BCUT2D eigenvalue weighted by molar-refractivity contribution is -0.145. The van der Waals surface area contributed by atoms with Gasteiger partial charge in [0, 0.05) is 10.0 Å². The minimum Gasteiger partial charge on any atom is -0.496 e. The third-order valence-corrected chi connectivity index (χ3v) is 5.88. The Hall–Kier alpha value is -2.25. The average molecular weight is 464 g/mol. The fraction of sp³-hybridized carbons (Fsp3) is 0.409. The van der Waals surface area contributed by atoms with Crippen LogP contribution in [0.3, 0.4) is 0 Å². The predicted molar refractivity (Wildman–Crippen MR) is 114 cm³/mol. The molecule has 2 aromatic rings. The molecule has 0 bridgehead atoms. The van der Waals surface area contributed by atoms with E-state index in [9.17, 15) is 9.90 Å². The van der Waals surface area contributed by atoms with Gasteiger partial charge in [-0.15, -0.1) is 0 Å². The van der Waals surface area contributed by atoms with Crippen LogP contribution in [0.2, 0.25) is 0 Å². The molecule has 1 heterocycles. The van der Waals surface area contributed by atoms with Crippen molar-refractivity contribution in [2.24, 2.45) is 0 Å². The predicted octanol–water partition coefficient (Wildman–Crippen LogP) is 4.50. The van der Waals surface area contributed by atoms with Gasteiger partial charge in [-0.2, -0.15) is 0 Å². The van der Waals surface area contributed by atoms with E-state index in [-0.39, 0.29) is 0 Å². The molecule has 0 saturated carbocycles. The van der Waals surface area contributed by atoms with Crippen molar-refractivity contribution in [1.82, 2.24) is 4.90 Å². The van der Waals surface area contributed by atoms with Crippen LogP contribution in [0.5, 0.6) is 17.2 Å². The van der Waals surface area contributed by atoms with Crippen LogP contribution in [0.25, 0.3) is 0 Å². The topological polar surface area (TPSA) is 68.2 Å². The molecule has 6 nitrogen and oxygen atoms in total. The van der Waals surface area contributed by atoms with Gasteiger partial charge in [0.05, 0.1) is 32.9 Å². The van der Waals surface area contributed by atoms with E-state index in [1.807, 2.05) is 41.3 Å². The number of halogens is 1. The largest absolute Gasteiger partial charge is 0.496 e. The molecule has 1 fully saturated rings. The number of hydrogen-bond donors (Lipinski definition) is 1. The molecule has 3 rings (SSSR count). The highest BCUT2D eigenvalue weighted by molar-refractivity contribution is 9.10. The number of benzene rings is 2. The van der Waals surface area contributed by atoms with Crippen molar-refractivity contribution < 1.29 is 24.1 Å². The lowest BCUT2D eigenvalue weighted by Gasteiger charge is -2.40. The van der Waals surface area contributed by atoms with Crippen LogP contribution >= 0.6 is 15.9 Å². The monoisotopic (exact) mass is 463 g/mol. The van der Waals surface area contributed by atoms with Gasteiger partial charge >= 0.3 is 5.97 Å². The minimum atomic E-state index is -0.822. The first-order valence-electron chi connectivity index (χ1n) is 9.54. The van der Waals surface area contributed by atoms with Gasteiger partial charge < -0.3 is 19.3 Å². The standard InChI is InChI=1S/C22H26BrNO5/c1-27-17-11-10-14(23)13-15(17)21(24-12-5-4-7-16(24)22(25)26)20-18(28-2)8-6-9-19(20)29-3/h6,8-11,13,16,21H,4-5,7,12H2,1-3H3,(H,25,26). The summed E-state index contributed by atoms with van der Waals surface area (Å²) >= 11 is 3.55. The number of methoxy groups -OCH3 is 3. The fourth-order valence-electron chi connectivity index (χ4n) is 4.10. The van der Waals surface area contributed by atoms with Crippen LogP contribution in [0.15, 0.2) is 40.9 Å². The third kappa shape index (κ3) is 4.36. The Morgan fingerprint density at radius 2 is 1.72 bits per heavy atom. The molecule has 0 aliphatic carbocycles. The first kappa shape index (κ1) is 21.5. The van der Waals surface area contributed by atoms with E-state index in [0.717, 1.165) is 28.4 Å². The van der Waals surface area contributed by atoms with E-state index in [1.165, 1.54) is 0 Å². The van der Waals surface area contributed by atoms with Crippen LogP contribution in [0.1, 0.15) is 36.4 Å². The quantitative estimate of drug-likeness (QED) is 0.651. The van der Waals surface area contributed by atoms with Gasteiger partial charge in [-0.3, -0.25) is 9.69 Å². The maximum atomic E-state index is 12.1. The maximum Gasteiger partial charge on any atom is 0.320 e. The van der Waals surface area contributed by atoms with Crippen LogP contribution < -0.4 is 14.2 Å². The van der Waals surface area contributed by atoms with Gasteiger partial charge in [0.15, 0.2) is 0 Å². The number of hydrogen-bond acceptors (Lipinski definition) is 5. The number of aliphatic carboxylic acids is 1. The van der Waals surface area contributed by atoms with Gasteiger partial charge in [0.2, 0.25) is 0 Å². The molecular formula is C22H26BrNO5. The molecule has 0 spiro atoms. The van der Waals surface area contributed by atoms with Crippen LogP contribution in [0, 0.1) is 0 Å². The van der Waals surface area contributed by atoms with Crippen LogP contribution in [0.4, 0.5) is 0 Å². The summed E-state index contributed by atoms with van der Waals surface area (Å²) in [5.41, 5.74) is 1.65. The number of piperidine rings is 1. The summed E-state index contributed by atoms with van der Waals surface area (Å²) in [5, 5.41) is 9.94. The lowest BCUT2D eigenvalue weighted by Crippen LogP contribution is -2.47. The Bertz CT molecular complexity index is 850. The molecule has 29 heavy (non-hydrogen) atoms. The van der Waals surface area contributed by atoms with Crippen LogP contribution in [-0.2, 0) is 4.79 Å². The van der Waals surface area contributed by atoms with E-state index in [2.05, 4.69) is 15.9 Å². The molecule has 1 aliphatic rings. The number of ether oxygens (including phenoxy) is 3. The number of carboxylic acid groups (broad SMARTS) is 1. The van der Waals surface area contributed by atoms with E-state index < -0.39 is 18.1 Å². The van der Waals surface area contributed by atoms with Gasteiger partial charge in [0.1, 0.15) is 23.3 Å². The smallest absolute Gasteiger partial charge is 0.320 e. The molecule has 1 saturated heterocycles. The van der Waals surface area contributed by atoms with E-state index in [4.69, 9.17) is 14.2 Å². The third-order valence-electron chi connectivity index (χ3n) is 5.39. The second-order valence-corrected chi connectivity index (χ2v) is 7.87. The molecule has 7 heteroatoms. The van der Waals surface area contributed by atoms with Gasteiger partial charge in [-0.25, -0.2) is 0 Å². The number of rotatable bonds is 7. The maximum absolute atomic E-state index is 12.1. The summed E-state index contributed by atoms with van der Waals surface area (Å²) in [4.78, 5) is 14.1. The Balaban J connectivity index is 2.29. The van der Waals surface area contributed by atoms with E-state index in [0.29, 0.717) is 30.2 Å². The number of likely N-dealkylation sites (tertiary alicyclic amines) is 1. The SMILES string of the molecule is COc1ccc(Br)cc1C(c1c(OC)cccc1OC)N1CCCCC1C(=O)O. The normalized spacial score (nSPS) is 18.1. The zero-order valence-corrected chi connectivity index (χ0v) is 18.4. The molecule has 2 atom stereocenters. The van der Waals surface area contributed by atoms with Crippen molar-refractivity contribution in [2.45, 2.75) is 31.3 Å². The van der Waals surface area contributed by atoms with Crippen molar-refractivity contribution in [1.29, 1.82) is 0 Å². The number of nitrogens with zero attached hydrogens (tertiary/aromatic N) is 1. The minimum absolute atomic E-state index is 0.407. The van der Waals surface area contributed by atoms with Crippen molar-refractivity contribution in [3.63, 3.8) is 0 Å². The Labute approximate surface area is 179 Å². The molecule has 1 N–H and O–H groups in total.